The van der Waals surface area contributed by atoms with Gasteiger partial charge in [-0.25, -0.2) is 0 Å². The first-order valence-corrected chi connectivity index (χ1v) is 8.55. The van der Waals surface area contributed by atoms with Crippen LogP contribution in [0.2, 0.25) is 0 Å². The van der Waals surface area contributed by atoms with Gasteiger partial charge in [0.15, 0.2) is 0 Å². The summed E-state index contributed by atoms with van der Waals surface area (Å²) in [6, 6.07) is 10.7. The van der Waals surface area contributed by atoms with Gasteiger partial charge in [-0.1, -0.05) is 17.3 Å². The number of ether oxygens (including phenoxy) is 1. The molecular formula is C20H20N4O4. The lowest BCUT2D eigenvalue weighted by molar-refractivity contribution is -0.115. The molecule has 0 spiro atoms. The van der Waals surface area contributed by atoms with Crippen molar-refractivity contribution in [3.8, 4) is 28.6 Å². The van der Waals surface area contributed by atoms with E-state index >= 15 is 0 Å². The van der Waals surface area contributed by atoms with Gasteiger partial charge in [-0.15, -0.1) is 0 Å². The zero-order chi connectivity index (χ0) is 20.3. The quantitative estimate of drug-likeness (QED) is 0.700. The number of aryl methyl sites for hydroxylation is 1. The lowest BCUT2D eigenvalue weighted by Gasteiger charge is -2.08. The number of amides is 2. The van der Waals surface area contributed by atoms with Gasteiger partial charge in [0.2, 0.25) is 17.6 Å². The molecule has 8 heteroatoms. The summed E-state index contributed by atoms with van der Waals surface area (Å²) in [7, 11) is 1.60. The Morgan fingerprint density at radius 2 is 1.61 bits per heavy atom. The van der Waals surface area contributed by atoms with Crippen LogP contribution in [-0.2, 0) is 9.59 Å². The number of aromatic nitrogens is 2. The molecule has 3 rings (SSSR count). The largest absolute Gasteiger partial charge is 0.496 e. The summed E-state index contributed by atoms with van der Waals surface area (Å²) in [5, 5.41) is 9.42. The Hall–Kier alpha value is -3.68. The molecule has 144 valence electrons. The Balaban J connectivity index is 1.99. The average Bonchev–Trinajstić information content (AvgIpc) is 3.11. The lowest BCUT2D eigenvalue weighted by atomic mass is 10.1. The number of carbonyl (C=O) groups is 2. The number of nitrogens with one attached hydrogen (secondary N) is 2. The van der Waals surface area contributed by atoms with Crippen LogP contribution in [0.4, 0.5) is 11.4 Å². The van der Waals surface area contributed by atoms with Crippen molar-refractivity contribution < 1.29 is 18.8 Å². The summed E-state index contributed by atoms with van der Waals surface area (Å²) in [5.74, 6) is 0.921. The Morgan fingerprint density at radius 3 is 2.18 bits per heavy atom. The number of carbonyl (C=O) groups excluding carboxylic acids is 2. The molecule has 0 bridgehead atoms. The maximum Gasteiger partial charge on any atom is 0.258 e. The van der Waals surface area contributed by atoms with Crippen molar-refractivity contribution >= 4 is 23.2 Å². The molecule has 2 amide bonds. The minimum absolute atomic E-state index is 0.233. The Kier molecular flexibility index (Phi) is 5.39. The second-order valence-corrected chi connectivity index (χ2v) is 6.27. The van der Waals surface area contributed by atoms with Crippen molar-refractivity contribution in [2.45, 2.75) is 20.8 Å². The molecule has 3 aromatic rings. The summed E-state index contributed by atoms with van der Waals surface area (Å²) < 4.78 is 10.7. The van der Waals surface area contributed by atoms with Crippen LogP contribution >= 0.6 is 0 Å². The second-order valence-electron chi connectivity index (χ2n) is 6.27. The van der Waals surface area contributed by atoms with E-state index in [9.17, 15) is 9.59 Å². The maximum atomic E-state index is 11.4. The highest BCUT2D eigenvalue weighted by molar-refractivity contribution is 5.93. The first kappa shape index (κ1) is 19.1. The smallest absolute Gasteiger partial charge is 0.258 e. The number of nitrogens with zero attached hydrogens (tertiary/aromatic N) is 2. The number of hydrogen-bond donors (Lipinski definition) is 2. The van der Waals surface area contributed by atoms with Crippen LogP contribution in [0.25, 0.3) is 22.8 Å². The van der Waals surface area contributed by atoms with Crippen LogP contribution in [0, 0.1) is 6.92 Å². The number of anilines is 2. The predicted molar refractivity (Wildman–Crippen MR) is 105 cm³/mol. The molecular weight excluding hydrogens is 360 g/mol. The molecule has 28 heavy (non-hydrogen) atoms. The van der Waals surface area contributed by atoms with Crippen molar-refractivity contribution in [1.29, 1.82) is 0 Å². The van der Waals surface area contributed by atoms with Gasteiger partial charge in [-0.05, 0) is 36.8 Å². The fraction of sp³-hybridized carbons (Fsp3) is 0.200. The summed E-state index contributed by atoms with van der Waals surface area (Å²) in [5.41, 5.74) is 3.32. The van der Waals surface area contributed by atoms with Gasteiger partial charge in [0, 0.05) is 36.3 Å². The van der Waals surface area contributed by atoms with Gasteiger partial charge >= 0.3 is 0 Å². The number of rotatable bonds is 5. The fourth-order valence-electron chi connectivity index (χ4n) is 2.72. The summed E-state index contributed by atoms with van der Waals surface area (Å²) in [6.07, 6.45) is 0. The molecule has 0 radical (unpaired) electrons. The van der Waals surface area contributed by atoms with Crippen molar-refractivity contribution in [2.75, 3.05) is 17.7 Å². The van der Waals surface area contributed by atoms with Crippen molar-refractivity contribution in [3.63, 3.8) is 0 Å². The second kappa shape index (κ2) is 7.91. The molecule has 1 aromatic heterocycles. The van der Waals surface area contributed by atoms with E-state index in [0.717, 1.165) is 16.9 Å². The Morgan fingerprint density at radius 1 is 0.964 bits per heavy atom. The van der Waals surface area contributed by atoms with Gasteiger partial charge in [0.1, 0.15) is 5.75 Å². The van der Waals surface area contributed by atoms with E-state index in [4.69, 9.17) is 9.26 Å². The highest BCUT2D eigenvalue weighted by Gasteiger charge is 2.14. The summed E-state index contributed by atoms with van der Waals surface area (Å²) >= 11 is 0. The normalized spacial score (nSPS) is 10.4. The minimum Gasteiger partial charge on any atom is -0.496 e. The highest BCUT2D eigenvalue weighted by Crippen LogP contribution is 2.30. The molecule has 0 atom stereocenters. The van der Waals surface area contributed by atoms with Crippen molar-refractivity contribution in [2.24, 2.45) is 0 Å². The van der Waals surface area contributed by atoms with E-state index in [2.05, 4.69) is 20.8 Å². The minimum atomic E-state index is -0.233. The average molecular weight is 380 g/mol. The van der Waals surface area contributed by atoms with Crippen molar-refractivity contribution in [1.82, 2.24) is 10.1 Å². The molecule has 0 fully saturated rings. The third-order valence-corrected chi connectivity index (χ3v) is 3.91. The van der Waals surface area contributed by atoms with Crippen LogP contribution in [-0.4, -0.2) is 29.1 Å². The first-order valence-electron chi connectivity index (χ1n) is 8.55. The van der Waals surface area contributed by atoms with Crippen LogP contribution in [0.15, 0.2) is 40.9 Å². The van der Waals surface area contributed by atoms with Gasteiger partial charge in [0.05, 0.1) is 7.11 Å². The molecule has 8 nitrogen and oxygen atoms in total. The zero-order valence-corrected chi connectivity index (χ0v) is 16.0. The predicted octanol–water partition coefficient (Wildman–Crippen LogP) is 3.64. The van der Waals surface area contributed by atoms with Crippen LogP contribution in [0.5, 0.6) is 5.75 Å². The SMILES string of the molecule is COc1cc(-c2noc(-c3cc(NC(C)=O)cc(NC(C)=O)c3)n2)ccc1C. The Labute approximate surface area is 161 Å². The van der Waals surface area contributed by atoms with E-state index in [1.165, 1.54) is 13.8 Å². The molecule has 0 aliphatic carbocycles. The topological polar surface area (TPSA) is 106 Å². The van der Waals surface area contributed by atoms with Crippen LogP contribution in [0.1, 0.15) is 19.4 Å². The molecule has 2 N–H and O–H groups in total. The summed E-state index contributed by atoms with van der Waals surface area (Å²) in [6.45, 7) is 4.75. The van der Waals surface area contributed by atoms with E-state index in [0.29, 0.717) is 22.8 Å². The molecule has 2 aromatic carbocycles. The monoisotopic (exact) mass is 380 g/mol. The molecule has 0 saturated carbocycles. The lowest BCUT2D eigenvalue weighted by Crippen LogP contribution is -2.09. The number of benzene rings is 2. The molecule has 0 aliphatic rings. The zero-order valence-electron chi connectivity index (χ0n) is 16.0. The maximum absolute atomic E-state index is 11.4. The standard InChI is InChI=1S/C20H20N4O4/c1-11-5-6-14(9-18(11)27-4)19-23-20(28-24-19)15-7-16(21-12(2)25)10-17(8-15)22-13(3)26/h5-10H,1-4H3,(H,21,25)(H,22,26). The number of methoxy groups -OCH3 is 1. The van der Waals surface area contributed by atoms with E-state index in [1.54, 1.807) is 25.3 Å². The Bertz CT molecular complexity index is 1010. The molecule has 1 heterocycles. The van der Waals surface area contributed by atoms with E-state index in [-0.39, 0.29) is 17.7 Å². The number of hydrogen-bond acceptors (Lipinski definition) is 6. The van der Waals surface area contributed by atoms with Gasteiger partial charge in [0.25, 0.3) is 5.89 Å². The fourth-order valence-corrected chi connectivity index (χ4v) is 2.72. The van der Waals surface area contributed by atoms with Crippen molar-refractivity contribution in [3.05, 3.63) is 42.0 Å². The van der Waals surface area contributed by atoms with E-state index in [1.807, 2.05) is 25.1 Å². The first-order chi connectivity index (χ1) is 13.4. The van der Waals surface area contributed by atoms with Crippen LogP contribution in [0.3, 0.4) is 0 Å². The van der Waals surface area contributed by atoms with Gasteiger partial charge in [-0.2, -0.15) is 4.98 Å². The molecule has 0 unspecified atom stereocenters. The third-order valence-electron chi connectivity index (χ3n) is 3.91. The highest BCUT2D eigenvalue weighted by atomic mass is 16.5. The van der Waals surface area contributed by atoms with E-state index < -0.39 is 0 Å². The van der Waals surface area contributed by atoms with Gasteiger partial charge < -0.3 is 19.9 Å². The molecule has 0 aliphatic heterocycles. The van der Waals surface area contributed by atoms with Crippen LogP contribution < -0.4 is 15.4 Å². The van der Waals surface area contributed by atoms with Gasteiger partial charge in [-0.3, -0.25) is 9.59 Å². The molecule has 0 saturated heterocycles. The third kappa shape index (κ3) is 4.35. The summed E-state index contributed by atoms with van der Waals surface area (Å²) in [4.78, 5) is 27.3.